The third-order valence-electron chi connectivity index (χ3n) is 3.43. The largest absolute Gasteiger partial charge is 0.369 e. The van der Waals surface area contributed by atoms with Crippen LogP contribution in [0.5, 0.6) is 0 Å². The molecule has 1 saturated heterocycles. The number of hydrogen-bond donors (Lipinski definition) is 1. The lowest BCUT2D eigenvalue weighted by Gasteiger charge is -2.18. The van der Waals surface area contributed by atoms with Gasteiger partial charge in [0.2, 0.25) is 5.91 Å². The Bertz CT molecular complexity index is 440. The average Bonchev–Trinajstić information content (AvgIpc) is 2.92. The highest BCUT2D eigenvalue weighted by Crippen LogP contribution is 2.19. The Morgan fingerprint density at radius 3 is 2.70 bits per heavy atom. The Hall–Kier alpha value is -1.39. The van der Waals surface area contributed by atoms with Crippen LogP contribution >= 0.6 is 0 Å². The lowest BCUT2D eigenvalue weighted by molar-refractivity contribution is -0.121. The van der Waals surface area contributed by atoms with Crippen LogP contribution in [0.25, 0.3) is 0 Å². The summed E-state index contributed by atoms with van der Waals surface area (Å²) in [6.07, 6.45) is 2.62. The quantitative estimate of drug-likeness (QED) is 0.868. The molecular formula is C16H24N2O2. The molecule has 1 aliphatic rings. The minimum absolute atomic E-state index is 0.0700. The zero-order valence-corrected chi connectivity index (χ0v) is 12.4. The minimum atomic E-state index is -0.0902. The van der Waals surface area contributed by atoms with E-state index in [1.165, 1.54) is 18.4 Å². The van der Waals surface area contributed by atoms with Gasteiger partial charge < -0.3 is 10.1 Å². The van der Waals surface area contributed by atoms with Gasteiger partial charge in [0, 0.05) is 12.2 Å². The van der Waals surface area contributed by atoms with Crippen LogP contribution in [0.3, 0.4) is 0 Å². The molecule has 1 heterocycles. The van der Waals surface area contributed by atoms with Crippen molar-refractivity contribution in [1.29, 1.82) is 0 Å². The molecule has 4 nitrogen and oxygen atoms in total. The first-order valence-electron chi connectivity index (χ1n) is 7.37. The van der Waals surface area contributed by atoms with Crippen LogP contribution in [-0.2, 0) is 16.1 Å². The summed E-state index contributed by atoms with van der Waals surface area (Å²) in [5.74, 6) is -0.0902. The van der Waals surface area contributed by atoms with E-state index in [0.29, 0.717) is 0 Å². The van der Waals surface area contributed by atoms with E-state index in [9.17, 15) is 4.79 Å². The fraction of sp³-hybridized carbons (Fsp3) is 0.562. The Kier molecular flexibility index (Phi) is 5.56. The van der Waals surface area contributed by atoms with Gasteiger partial charge in [0.15, 0.2) is 0 Å². The molecule has 20 heavy (non-hydrogen) atoms. The number of anilines is 1. The minimum Gasteiger partial charge on any atom is -0.369 e. The van der Waals surface area contributed by atoms with Crippen molar-refractivity contribution < 1.29 is 9.53 Å². The molecule has 1 amide bonds. The van der Waals surface area contributed by atoms with Crippen LogP contribution in [0, 0.1) is 0 Å². The second-order valence-electron chi connectivity index (χ2n) is 5.55. The molecule has 0 bridgehead atoms. The van der Waals surface area contributed by atoms with Crippen LogP contribution in [0.2, 0.25) is 0 Å². The van der Waals surface area contributed by atoms with Crippen molar-refractivity contribution in [3.8, 4) is 0 Å². The van der Waals surface area contributed by atoms with Gasteiger partial charge in [-0.1, -0.05) is 18.2 Å². The number of ether oxygens (including phenoxy) is 1. The Morgan fingerprint density at radius 2 is 2.00 bits per heavy atom. The predicted octanol–water partition coefficient (Wildman–Crippen LogP) is 2.65. The number of likely N-dealkylation sites (tertiary alicyclic amines) is 1. The van der Waals surface area contributed by atoms with Gasteiger partial charge >= 0.3 is 0 Å². The van der Waals surface area contributed by atoms with Crippen molar-refractivity contribution >= 4 is 11.6 Å². The van der Waals surface area contributed by atoms with Crippen molar-refractivity contribution in [2.45, 2.75) is 39.3 Å². The smallest absolute Gasteiger partial charge is 0.250 e. The summed E-state index contributed by atoms with van der Waals surface area (Å²) in [5.41, 5.74) is 2.07. The van der Waals surface area contributed by atoms with E-state index < -0.39 is 0 Å². The summed E-state index contributed by atoms with van der Waals surface area (Å²) < 4.78 is 5.33. The number of benzene rings is 1. The number of rotatable bonds is 6. The van der Waals surface area contributed by atoms with Gasteiger partial charge in [-0.15, -0.1) is 0 Å². The zero-order valence-electron chi connectivity index (χ0n) is 12.4. The van der Waals surface area contributed by atoms with Gasteiger partial charge in [-0.05, 0) is 51.4 Å². The van der Waals surface area contributed by atoms with Crippen LogP contribution in [0.1, 0.15) is 32.3 Å². The van der Waals surface area contributed by atoms with E-state index in [0.717, 1.165) is 25.3 Å². The second-order valence-corrected chi connectivity index (χ2v) is 5.55. The molecule has 0 aromatic heterocycles. The third-order valence-corrected chi connectivity index (χ3v) is 3.43. The van der Waals surface area contributed by atoms with Crippen molar-refractivity contribution in [2.24, 2.45) is 0 Å². The number of carbonyl (C=O) groups is 1. The van der Waals surface area contributed by atoms with Crippen LogP contribution in [0.15, 0.2) is 24.3 Å². The van der Waals surface area contributed by atoms with E-state index in [1.54, 1.807) is 0 Å². The van der Waals surface area contributed by atoms with E-state index in [2.05, 4.69) is 16.3 Å². The first-order chi connectivity index (χ1) is 9.65. The van der Waals surface area contributed by atoms with Crippen molar-refractivity contribution in [2.75, 3.05) is 25.0 Å². The van der Waals surface area contributed by atoms with E-state index in [1.807, 2.05) is 32.0 Å². The molecule has 1 aromatic carbocycles. The summed E-state index contributed by atoms with van der Waals surface area (Å²) in [7, 11) is 0. The van der Waals surface area contributed by atoms with E-state index in [-0.39, 0.29) is 18.6 Å². The maximum Gasteiger partial charge on any atom is 0.250 e. The number of amides is 1. The SMILES string of the molecule is CC(C)OCC(=O)Nc1ccccc1CN1CCCC1. The molecule has 1 aromatic rings. The van der Waals surface area contributed by atoms with Crippen LogP contribution in [-0.4, -0.2) is 36.6 Å². The standard InChI is InChI=1S/C16H24N2O2/c1-13(2)20-12-16(19)17-15-8-4-3-7-14(15)11-18-9-5-6-10-18/h3-4,7-8,13H,5-6,9-12H2,1-2H3,(H,17,19). The Labute approximate surface area is 121 Å². The molecule has 0 aliphatic carbocycles. The molecule has 1 aliphatic heterocycles. The van der Waals surface area contributed by atoms with Crippen molar-refractivity contribution in [1.82, 2.24) is 4.90 Å². The van der Waals surface area contributed by atoms with E-state index in [4.69, 9.17) is 4.74 Å². The molecule has 0 unspecified atom stereocenters. The summed E-state index contributed by atoms with van der Waals surface area (Å²) in [6, 6.07) is 8.01. The zero-order chi connectivity index (χ0) is 14.4. The maximum atomic E-state index is 11.9. The molecular weight excluding hydrogens is 252 g/mol. The van der Waals surface area contributed by atoms with Crippen molar-refractivity contribution in [3.63, 3.8) is 0 Å². The predicted molar refractivity (Wildman–Crippen MR) is 80.7 cm³/mol. The first kappa shape index (κ1) is 15.0. The molecule has 2 rings (SSSR count). The first-order valence-corrected chi connectivity index (χ1v) is 7.37. The topological polar surface area (TPSA) is 41.6 Å². The lowest BCUT2D eigenvalue weighted by Crippen LogP contribution is -2.23. The molecule has 0 spiro atoms. The second kappa shape index (κ2) is 7.41. The molecule has 1 N–H and O–H groups in total. The monoisotopic (exact) mass is 276 g/mol. The van der Waals surface area contributed by atoms with Gasteiger partial charge in [-0.2, -0.15) is 0 Å². The van der Waals surface area contributed by atoms with Gasteiger partial charge in [0.25, 0.3) is 0 Å². The lowest BCUT2D eigenvalue weighted by atomic mass is 10.1. The molecule has 4 heteroatoms. The average molecular weight is 276 g/mol. The Balaban J connectivity index is 1.94. The normalized spacial score (nSPS) is 15.8. The number of hydrogen-bond acceptors (Lipinski definition) is 3. The van der Waals surface area contributed by atoms with Crippen molar-refractivity contribution in [3.05, 3.63) is 29.8 Å². The highest BCUT2D eigenvalue weighted by atomic mass is 16.5. The van der Waals surface area contributed by atoms with Gasteiger partial charge in [0.1, 0.15) is 6.61 Å². The fourth-order valence-corrected chi connectivity index (χ4v) is 2.39. The molecule has 0 radical (unpaired) electrons. The highest BCUT2D eigenvalue weighted by Gasteiger charge is 2.14. The summed E-state index contributed by atoms with van der Waals surface area (Å²) in [4.78, 5) is 14.3. The summed E-state index contributed by atoms with van der Waals surface area (Å²) in [5, 5.41) is 2.95. The molecule has 1 fully saturated rings. The number of carbonyl (C=O) groups excluding carboxylic acids is 1. The number of nitrogens with zero attached hydrogens (tertiary/aromatic N) is 1. The molecule has 0 atom stereocenters. The fourth-order valence-electron chi connectivity index (χ4n) is 2.39. The molecule has 110 valence electrons. The number of para-hydroxylation sites is 1. The highest BCUT2D eigenvalue weighted by molar-refractivity contribution is 5.92. The summed E-state index contributed by atoms with van der Waals surface area (Å²) in [6.45, 7) is 7.16. The van der Waals surface area contributed by atoms with Crippen LogP contribution < -0.4 is 5.32 Å². The van der Waals surface area contributed by atoms with Gasteiger partial charge in [0.05, 0.1) is 6.10 Å². The summed E-state index contributed by atoms with van der Waals surface area (Å²) >= 11 is 0. The maximum absolute atomic E-state index is 11.9. The number of nitrogens with one attached hydrogen (secondary N) is 1. The van der Waals surface area contributed by atoms with Gasteiger partial charge in [-0.25, -0.2) is 0 Å². The van der Waals surface area contributed by atoms with E-state index >= 15 is 0 Å². The van der Waals surface area contributed by atoms with Crippen LogP contribution in [0.4, 0.5) is 5.69 Å². The Morgan fingerprint density at radius 1 is 1.30 bits per heavy atom. The third kappa shape index (κ3) is 4.62. The molecule has 0 saturated carbocycles. The van der Waals surface area contributed by atoms with Gasteiger partial charge in [-0.3, -0.25) is 9.69 Å².